The van der Waals surface area contributed by atoms with Gasteiger partial charge in [0, 0.05) is 4.90 Å². The maximum absolute atomic E-state index is 13.4. The summed E-state index contributed by atoms with van der Waals surface area (Å²) in [6.45, 7) is 0. The number of para-hydroxylation sites is 1. The zero-order valence-corrected chi connectivity index (χ0v) is 10.1. The highest BCUT2D eigenvalue weighted by Crippen LogP contribution is 2.36. The molecule has 0 unspecified atom stereocenters. The summed E-state index contributed by atoms with van der Waals surface area (Å²) in [5, 5.41) is 10.8. The van der Waals surface area contributed by atoms with Crippen molar-refractivity contribution in [3.63, 3.8) is 0 Å². The summed E-state index contributed by atoms with van der Waals surface area (Å²) in [5.74, 6) is -3.06. The van der Waals surface area contributed by atoms with E-state index in [-0.39, 0.29) is 9.79 Å². The fraction of sp³-hybridized carbons (Fsp3) is 0. The summed E-state index contributed by atoms with van der Waals surface area (Å²) >= 11 is 0.791. The number of benzene rings is 2. The molecule has 7 heteroatoms. The van der Waals surface area contributed by atoms with E-state index in [4.69, 9.17) is 0 Å². The lowest BCUT2D eigenvalue weighted by Gasteiger charge is -2.04. The molecule has 2 rings (SSSR count). The third-order valence-electron chi connectivity index (χ3n) is 2.25. The zero-order chi connectivity index (χ0) is 14.0. The second kappa shape index (κ2) is 5.31. The first-order valence-electron chi connectivity index (χ1n) is 5.05. The van der Waals surface area contributed by atoms with Crippen LogP contribution in [0.1, 0.15) is 0 Å². The molecule has 0 atom stereocenters. The highest BCUT2D eigenvalue weighted by Gasteiger charge is 2.20. The summed E-state index contributed by atoms with van der Waals surface area (Å²) in [7, 11) is 0. The largest absolute Gasteiger partial charge is 0.318 e. The summed E-state index contributed by atoms with van der Waals surface area (Å²) in [5.41, 5.74) is -0.683. The van der Waals surface area contributed by atoms with Crippen molar-refractivity contribution in [2.45, 2.75) is 9.79 Å². The molecule has 0 spiro atoms. The normalized spacial score (nSPS) is 10.5. The first kappa shape index (κ1) is 13.4. The fourth-order valence-corrected chi connectivity index (χ4v) is 2.39. The molecular weight excluding hydrogens is 279 g/mol. The molecule has 0 aliphatic heterocycles. The number of hydrogen-bond acceptors (Lipinski definition) is 3. The SMILES string of the molecule is O=[N+]([O-])c1c(F)cccc1Sc1ccc(F)c(F)c1. The Bertz CT molecular complexity index is 649. The number of rotatable bonds is 3. The average Bonchev–Trinajstić information content (AvgIpc) is 2.33. The molecule has 0 aliphatic rings. The summed E-state index contributed by atoms with van der Waals surface area (Å²) < 4.78 is 39.1. The van der Waals surface area contributed by atoms with Gasteiger partial charge in [0.2, 0.25) is 5.82 Å². The first-order chi connectivity index (χ1) is 8.99. The first-order valence-corrected chi connectivity index (χ1v) is 5.86. The Morgan fingerprint density at radius 1 is 1.00 bits per heavy atom. The van der Waals surface area contributed by atoms with Gasteiger partial charge in [0.25, 0.3) is 0 Å². The summed E-state index contributed by atoms with van der Waals surface area (Å²) in [4.78, 5) is 10.2. The van der Waals surface area contributed by atoms with Crippen molar-refractivity contribution in [3.05, 3.63) is 64.0 Å². The van der Waals surface area contributed by atoms with Gasteiger partial charge in [-0.25, -0.2) is 8.78 Å². The molecule has 0 saturated heterocycles. The van der Waals surface area contributed by atoms with Gasteiger partial charge in [0.05, 0.1) is 9.82 Å². The Balaban J connectivity index is 2.40. The lowest BCUT2D eigenvalue weighted by atomic mass is 10.3. The van der Waals surface area contributed by atoms with Gasteiger partial charge < -0.3 is 0 Å². The quantitative estimate of drug-likeness (QED) is 0.628. The van der Waals surface area contributed by atoms with E-state index in [1.807, 2.05) is 0 Å². The van der Waals surface area contributed by atoms with Gasteiger partial charge in [0.15, 0.2) is 11.6 Å². The predicted octanol–water partition coefficient (Wildman–Crippen LogP) is 4.16. The maximum atomic E-state index is 13.4. The van der Waals surface area contributed by atoms with Crippen molar-refractivity contribution >= 4 is 17.4 Å². The van der Waals surface area contributed by atoms with Crippen LogP contribution < -0.4 is 0 Å². The Morgan fingerprint density at radius 3 is 2.37 bits per heavy atom. The van der Waals surface area contributed by atoms with Crippen LogP contribution in [0.15, 0.2) is 46.2 Å². The number of nitro benzene ring substituents is 1. The van der Waals surface area contributed by atoms with Crippen molar-refractivity contribution in [1.82, 2.24) is 0 Å². The van der Waals surface area contributed by atoms with Crippen LogP contribution in [0.25, 0.3) is 0 Å². The van der Waals surface area contributed by atoms with Gasteiger partial charge in [-0.05, 0) is 30.3 Å². The van der Waals surface area contributed by atoms with Crippen molar-refractivity contribution in [2.75, 3.05) is 0 Å². The molecule has 0 N–H and O–H groups in total. The van der Waals surface area contributed by atoms with E-state index in [9.17, 15) is 23.3 Å². The molecule has 0 fully saturated rings. The Labute approximate surface area is 110 Å². The standard InChI is InChI=1S/C12H6F3NO2S/c13-8-5-4-7(6-10(8)15)19-11-3-1-2-9(14)12(11)16(17)18/h1-6H. The molecule has 2 aromatic rings. The Kier molecular flexibility index (Phi) is 3.75. The second-order valence-electron chi connectivity index (χ2n) is 3.52. The minimum absolute atomic E-state index is 0.0241. The molecule has 0 radical (unpaired) electrons. The molecule has 0 heterocycles. The average molecular weight is 285 g/mol. The van der Waals surface area contributed by atoms with Gasteiger partial charge in [-0.1, -0.05) is 17.8 Å². The van der Waals surface area contributed by atoms with Crippen LogP contribution in [0.4, 0.5) is 18.9 Å². The van der Waals surface area contributed by atoms with Crippen molar-refractivity contribution < 1.29 is 18.1 Å². The van der Waals surface area contributed by atoms with E-state index in [2.05, 4.69) is 0 Å². The van der Waals surface area contributed by atoms with Crippen LogP contribution in [0.2, 0.25) is 0 Å². The third kappa shape index (κ3) is 2.87. The second-order valence-corrected chi connectivity index (χ2v) is 4.64. The van der Waals surface area contributed by atoms with Crippen molar-refractivity contribution in [1.29, 1.82) is 0 Å². The molecule has 0 saturated carbocycles. The lowest BCUT2D eigenvalue weighted by molar-refractivity contribution is -0.390. The Hall–Kier alpha value is -2.02. The number of halogens is 3. The molecule has 0 amide bonds. The van der Waals surface area contributed by atoms with E-state index in [0.717, 1.165) is 30.0 Å². The van der Waals surface area contributed by atoms with Crippen LogP contribution in [0.5, 0.6) is 0 Å². The van der Waals surface area contributed by atoms with Crippen molar-refractivity contribution in [2.24, 2.45) is 0 Å². The molecule has 3 nitrogen and oxygen atoms in total. The zero-order valence-electron chi connectivity index (χ0n) is 9.27. The summed E-state index contributed by atoms with van der Waals surface area (Å²) in [6, 6.07) is 6.68. The predicted molar refractivity (Wildman–Crippen MR) is 63.5 cm³/mol. The topological polar surface area (TPSA) is 43.1 Å². The minimum Gasteiger partial charge on any atom is -0.258 e. The maximum Gasteiger partial charge on any atom is 0.318 e. The highest BCUT2D eigenvalue weighted by atomic mass is 32.2. The smallest absolute Gasteiger partial charge is 0.258 e. The number of nitro groups is 1. The summed E-state index contributed by atoms with van der Waals surface area (Å²) in [6.07, 6.45) is 0. The minimum atomic E-state index is -1.07. The number of nitrogens with zero attached hydrogens (tertiary/aromatic N) is 1. The van der Waals surface area contributed by atoms with Gasteiger partial charge in [-0.2, -0.15) is 4.39 Å². The fourth-order valence-electron chi connectivity index (χ4n) is 1.42. The molecular formula is C12H6F3NO2S. The van der Waals surface area contributed by atoms with Gasteiger partial charge in [0.1, 0.15) is 0 Å². The molecule has 2 aromatic carbocycles. The molecule has 0 bridgehead atoms. The van der Waals surface area contributed by atoms with Crippen LogP contribution in [-0.4, -0.2) is 4.92 Å². The van der Waals surface area contributed by atoms with Gasteiger partial charge in [-0.15, -0.1) is 0 Å². The van der Waals surface area contributed by atoms with E-state index in [0.29, 0.717) is 0 Å². The molecule has 0 aromatic heterocycles. The van der Waals surface area contributed by atoms with Gasteiger partial charge >= 0.3 is 5.69 Å². The van der Waals surface area contributed by atoms with Gasteiger partial charge in [-0.3, -0.25) is 10.1 Å². The van der Waals surface area contributed by atoms with Crippen LogP contribution in [-0.2, 0) is 0 Å². The molecule has 19 heavy (non-hydrogen) atoms. The lowest BCUT2D eigenvalue weighted by Crippen LogP contribution is -1.94. The Morgan fingerprint density at radius 2 is 1.74 bits per heavy atom. The van der Waals surface area contributed by atoms with Crippen LogP contribution >= 0.6 is 11.8 Å². The van der Waals surface area contributed by atoms with E-state index >= 15 is 0 Å². The van der Waals surface area contributed by atoms with E-state index in [1.54, 1.807) is 0 Å². The van der Waals surface area contributed by atoms with Crippen LogP contribution in [0, 0.1) is 27.6 Å². The molecule has 0 aliphatic carbocycles. The van der Waals surface area contributed by atoms with Crippen LogP contribution in [0.3, 0.4) is 0 Å². The third-order valence-corrected chi connectivity index (χ3v) is 3.29. The van der Waals surface area contributed by atoms with E-state index in [1.165, 1.54) is 18.2 Å². The van der Waals surface area contributed by atoms with E-state index < -0.39 is 28.1 Å². The number of hydrogen-bond donors (Lipinski definition) is 0. The van der Waals surface area contributed by atoms with Crippen molar-refractivity contribution in [3.8, 4) is 0 Å². The monoisotopic (exact) mass is 285 g/mol. The molecule has 98 valence electrons. The highest BCUT2D eigenvalue weighted by molar-refractivity contribution is 7.99.